The number of rotatable bonds is 11. The molecule has 3 saturated heterocycles. The summed E-state index contributed by atoms with van der Waals surface area (Å²) in [4.78, 5) is 74.0. The highest BCUT2D eigenvalue weighted by Gasteiger charge is 2.37. The van der Waals surface area contributed by atoms with Crippen molar-refractivity contribution in [1.82, 2.24) is 30.5 Å². The molecule has 4 aliphatic rings. The summed E-state index contributed by atoms with van der Waals surface area (Å²) in [7, 11) is 0. The fourth-order valence-corrected chi connectivity index (χ4v) is 9.11. The molecule has 4 aromatic rings. The van der Waals surface area contributed by atoms with Crippen LogP contribution in [0.5, 0.6) is 0 Å². The van der Waals surface area contributed by atoms with Gasteiger partial charge in [0.1, 0.15) is 0 Å². The van der Waals surface area contributed by atoms with Gasteiger partial charge >= 0.3 is 6.03 Å². The molecule has 14 heteroatoms. The van der Waals surface area contributed by atoms with Crippen LogP contribution >= 0.6 is 0 Å². The Morgan fingerprint density at radius 3 is 2.32 bits per heavy atom. The highest BCUT2D eigenvalue weighted by Crippen LogP contribution is 2.35. The molecule has 314 valence electrons. The quantitative estimate of drug-likeness (QED) is 0.189. The molecule has 3 aromatic carbocycles. The average Bonchev–Trinajstić information content (AvgIpc) is 3.56. The maximum atomic E-state index is 14.0. The van der Waals surface area contributed by atoms with Gasteiger partial charge in [0.2, 0.25) is 5.91 Å². The number of carbonyl (C=O) groups excluding carboxylic acids is 4. The average molecular weight is 815 g/mol. The number of ether oxygens (including phenoxy) is 1. The van der Waals surface area contributed by atoms with Gasteiger partial charge in [-0.05, 0) is 110 Å². The molecule has 0 bridgehead atoms. The monoisotopic (exact) mass is 814 g/mol. The standard InChI is InChI=1S/C46H54N8O6/c1-5-52(37-13-20-60-21-14-37)41-25-34(24-39(31(41)4)43(56)47-26-40-29(2)22-30(3)48-44(40)57)33-7-9-36(10-8-33)51-18-16-50(17-19-51)27-32-6-11-38-35(23-32)28-54(45(38)58)53-15-12-42(55)49-46(53)59/h6-11,22-25,37H,5,12-21,26-28H2,1-4H3,(H,47,56)(H,48,57)(H,49,55,59). The number of piperazine rings is 1. The number of imide groups is 1. The first-order chi connectivity index (χ1) is 29.0. The van der Waals surface area contributed by atoms with Crippen molar-refractivity contribution in [3.63, 3.8) is 0 Å². The molecular weight excluding hydrogens is 761 g/mol. The summed E-state index contributed by atoms with van der Waals surface area (Å²) < 4.78 is 5.70. The van der Waals surface area contributed by atoms with Crippen molar-refractivity contribution in [2.75, 3.05) is 62.3 Å². The van der Waals surface area contributed by atoms with Crippen molar-refractivity contribution < 1.29 is 23.9 Å². The molecule has 5 amide bonds. The molecule has 3 fully saturated rings. The lowest BCUT2D eigenvalue weighted by Gasteiger charge is -2.37. The number of fused-ring (bicyclic) bond motifs is 1. The second-order valence-corrected chi connectivity index (χ2v) is 16.3. The van der Waals surface area contributed by atoms with Crippen LogP contribution in [0.15, 0.2) is 65.5 Å². The van der Waals surface area contributed by atoms with Gasteiger partial charge in [-0.15, -0.1) is 0 Å². The zero-order valence-electron chi connectivity index (χ0n) is 34.9. The summed E-state index contributed by atoms with van der Waals surface area (Å²) in [6.07, 6.45) is 2.01. The number of urea groups is 1. The Hall–Kier alpha value is -5.99. The van der Waals surface area contributed by atoms with E-state index in [2.05, 4.69) is 73.6 Å². The van der Waals surface area contributed by atoms with E-state index < -0.39 is 6.03 Å². The fourth-order valence-electron chi connectivity index (χ4n) is 9.11. The summed E-state index contributed by atoms with van der Waals surface area (Å²) in [5, 5.41) is 8.11. The van der Waals surface area contributed by atoms with Crippen molar-refractivity contribution in [1.29, 1.82) is 0 Å². The van der Waals surface area contributed by atoms with Crippen LogP contribution in [0.2, 0.25) is 0 Å². The molecule has 0 spiro atoms. The minimum Gasteiger partial charge on any atom is -0.381 e. The lowest BCUT2D eigenvalue weighted by atomic mass is 9.95. The number of amides is 5. The zero-order chi connectivity index (χ0) is 42.1. The van der Waals surface area contributed by atoms with Crippen LogP contribution in [-0.4, -0.2) is 102 Å². The van der Waals surface area contributed by atoms with Crippen molar-refractivity contribution in [2.45, 2.75) is 72.6 Å². The summed E-state index contributed by atoms with van der Waals surface area (Å²) in [5.74, 6) is -0.771. The first-order valence-electron chi connectivity index (χ1n) is 21.1. The van der Waals surface area contributed by atoms with E-state index in [0.717, 1.165) is 116 Å². The van der Waals surface area contributed by atoms with Crippen molar-refractivity contribution >= 4 is 35.1 Å². The van der Waals surface area contributed by atoms with Gasteiger partial charge in [-0.3, -0.25) is 29.4 Å². The molecule has 4 aliphatic heterocycles. The van der Waals surface area contributed by atoms with Crippen LogP contribution in [0.1, 0.15) is 80.4 Å². The molecule has 1 aromatic heterocycles. The number of benzene rings is 3. The number of H-pyrrole nitrogens is 1. The minimum atomic E-state index is -0.562. The van der Waals surface area contributed by atoms with E-state index in [1.165, 1.54) is 10.0 Å². The molecule has 3 N–H and O–H groups in total. The predicted molar refractivity (Wildman–Crippen MR) is 230 cm³/mol. The highest BCUT2D eigenvalue weighted by molar-refractivity contribution is 6.02. The van der Waals surface area contributed by atoms with Crippen molar-refractivity contribution in [2.24, 2.45) is 0 Å². The molecule has 5 heterocycles. The molecule has 0 radical (unpaired) electrons. The normalized spacial score (nSPS) is 17.5. The third kappa shape index (κ3) is 8.39. The van der Waals surface area contributed by atoms with Gasteiger partial charge in [0.15, 0.2) is 0 Å². The number of nitrogens with one attached hydrogen (secondary N) is 3. The second-order valence-electron chi connectivity index (χ2n) is 16.3. The first-order valence-corrected chi connectivity index (χ1v) is 21.1. The number of hydrogen-bond donors (Lipinski definition) is 3. The summed E-state index contributed by atoms with van der Waals surface area (Å²) >= 11 is 0. The maximum absolute atomic E-state index is 14.0. The zero-order valence-corrected chi connectivity index (χ0v) is 34.9. The van der Waals surface area contributed by atoms with E-state index in [9.17, 15) is 24.0 Å². The van der Waals surface area contributed by atoms with E-state index in [1.807, 2.05) is 45.0 Å². The predicted octanol–water partition coefficient (Wildman–Crippen LogP) is 5.04. The lowest BCUT2D eigenvalue weighted by Crippen LogP contribution is -2.56. The Morgan fingerprint density at radius 2 is 1.62 bits per heavy atom. The van der Waals surface area contributed by atoms with E-state index in [0.29, 0.717) is 29.3 Å². The summed E-state index contributed by atoms with van der Waals surface area (Å²) in [6.45, 7) is 15.0. The highest BCUT2D eigenvalue weighted by atomic mass is 16.5. The number of carbonyl (C=O) groups is 4. The van der Waals surface area contributed by atoms with Crippen LogP contribution in [0.3, 0.4) is 0 Å². The van der Waals surface area contributed by atoms with E-state index in [-0.39, 0.29) is 42.8 Å². The molecular formula is C46H54N8O6. The lowest BCUT2D eigenvalue weighted by molar-refractivity contribution is -0.123. The van der Waals surface area contributed by atoms with Gasteiger partial charge < -0.3 is 24.8 Å². The largest absolute Gasteiger partial charge is 0.381 e. The maximum Gasteiger partial charge on any atom is 0.342 e. The Kier molecular flexibility index (Phi) is 11.8. The van der Waals surface area contributed by atoms with Crippen LogP contribution in [0.25, 0.3) is 11.1 Å². The number of nitrogens with zero attached hydrogens (tertiary/aromatic N) is 5. The van der Waals surface area contributed by atoms with Gasteiger partial charge in [0.05, 0.1) is 13.1 Å². The van der Waals surface area contributed by atoms with Crippen LogP contribution in [0.4, 0.5) is 16.2 Å². The van der Waals surface area contributed by atoms with Gasteiger partial charge in [-0.25, -0.2) is 14.8 Å². The van der Waals surface area contributed by atoms with Gasteiger partial charge in [0, 0.05) is 105 Å². The number of aryl methyl sites for hydroxylation is 2. The van der Waals surface area contributed by atoms with Crippen LogP contribution < -0.4 is 26.0 Å². The van der Waals surface area contributed by atoms with E-state index >= 15 is 0 Å². The third-order valence-electron chi connectivity index (χ3n) is 12.4. The molecule has 0 atom stereocenters. The summed E-state index contributed by atoms with van der Waals surface area (Å²) in [6, 6.07) is 20.4. The van der Waals surface area contributed by atoms with Gasteiger partial charge in [0.25, 0.3) is 17.4 Å². The fraction of sp³-hybridized carbons (Fsp3) is 0.413. The van der Waals surface area contributed by atoms with E-state index in [1.54, 1.807) is 0 Å². The number of aromatic nitrogens is 1. The molecule has 60 heavy (non-hydrogen) atoms. The van der Waals surface area contributed by atoms with Crippen molar-refractivity contribution in [3.05, 3.63) is 116 Å². The third-order valence-corrected chi connectivity index (χ3v) is 12.4. The minimum absolute atomic E-state index is 0.136. The number of hydrogen-bond acceptors (Lipinski definition) is 9. The number of anilines is 2. The SMILES string of the molecule is CCN(c1cc(-c2ccc(N3CCN(Cc4ccc5c(c4)CN(N4CCC(=O)NC4=O)C5=O)CC3)cc2)cc(C(=O)NCc2c(C)cc(C)[nH]c2=O)c1C)C1CCOCC1. The van der Waals surface area contributed by atoms with Crippen LogP contribution in [0, 0.1) is 20.8 Å². The Bertz CT molecular complexity index is 2360. The Labute approximate surface area is 350 Å². The Morgan fingerprint density at radius 1 is 0.867 bits per heavy atom. The number of aromatic amines is 1. The molecule has 0 aliphatic carbocycles. The van der Waals surface area contributed by atoms with E-state index in [4.69, 9.17) is 4.74 Å². The van der Waals surface area contributed by atoms with Crippen molar-refractivity contribution in [3.8, 4) is 11.1 Å². The van der Waals surface area contributed by atoms with Gasteiger partial charge in [-0.2, -0.15) is 0 Å². The Balaban J connectivity index is 0.949. The topological polar surface area (TPSA) is 151 Å². The summed E-state index contributed by atoms with van der Waals surface area (Å²) in [5.41, 5.74) is 10.2. The first kappa shape index (κ1) is 40.8. The van der Waals surface area contributed by atoms with Crippen LogP contribution in [-0.2, 0) is 29.2 Å². The molecule has 8 rings (SSSR count). The molecule has 0 unspecified atom stereocenters. The molecule has 0 saturated carbocycles. The number of hydrazine groups is 1. The van der Waals surface area contributed by atoms with Gasteiger partial charge in [-0.1, -0.05) is 24.3 Å². The smallest absolute Gasteiger partial charge is 0.342 e. The molecule has 14 nitrogen and oxygen atoms in total. The second kappa shape index (κ2) is 17.3. The number of pyridine rings is 1.